The van der Waals surface area contributed by atoms with Gasteiger partial charge in [0, 0.05) is 5.02 Å². The van der Waals surface area contributed by atoms with Crippen LogP contribution >= 0.6 is 11.6 Å². The van der Waals surface area contributed by atoms with Gasteiger partial charge in [-0.2, -0.15) is 0 Å². The third kappa shape index (κ3) is 3.76. The summed E-state index contributed by atoms with van der Waals surface area (Å²) in [4.78, 5) is 0. The molecule has 2 aromatic carbocycles. The van der Waals surface area contributed by atoms with Crippen molar-refractivity contribution in [1.82, 2.24) is 0 Å². The lowest BCUT2D eigenvalue weighted by atomic mass is 9.87. The van der Waals surface area contributed by atoms with Crippen molar-refractivity contribution >= 4 is 17.4 Å². The second kappa shape index (κ2) is 5.78. The predicted molar refractivity (Wildman–Crippen MR) is 87.7 cm³/mol. The highest BCUT2D eigenvalue weighted by molar-refractivity contribution is 6.31. The van der Waals surface area contributed by atoms with Gasteiger partial charge in [-0.25, -0.2) is 0 Å². The number of ether oxygens (including phenoxy) is 1. The number of halogens is 1. The van der Waals surface area contributed by atoms with Crippen LogP contribution in [0.4, 0.5) is 0 Å². The Bertz CT molecular complexity index is 657. The molecule has 2 aromatic rings. The van der Waals surface area contributed by atoms with Gasteiger partial charge in [-0.05, 0) is 41.3 Å². The summed E-state index contributed by atoms with van der Waals surface area (Å²) in [5.74, 6) is 1.15. The number of nitrogens with one attached hydrogen (secondary N) is 1. The van der Waals surface area contributed by atoms with E-state index in [-0.39, 0.29) is 11.3 Å². The van der Waals surface area contributed by atoms with Gasteiger partial charge in [-0.15, -0.1) is 0 Å². The Morgan fingerprint density at radius 2 is 1.71 bits per heavy atom. The molecule has 0 aliphatic carbocycles. The van der Waals surface area contributed by atoms with Crippen molar-refractivity contribution in [2.24, 2.45) is 5.73 Å². The predicted octanol–water partition coefficient (Wildman–Crippen LogP) is 4.71. The minimum atomic E-state index is -0.0705. The van der Waals surface area contributed by atoms with Crippen molar-refractivity contribution in [2.45, 2.75) is 26.2 Å². The molecule has 0 radical (unpaired) electrons. The Morgan fingerprint density at radius 3 is 2.24 bits per heavy atom. The maximum atomic E-state index is 7.59. The molecular formula is C17H19ClN2O. The van der Waals surface area contributed by atoms with Gasteiger partial charge >= 0.3 is 0 Å². The number of nitrogen functional groups attached to an aromatic ring is 1. The third-order valence-electron chi connectivity index (χ3n) is 3.18. The van der Waals surface area contributed by atoms with E-state index < -0.39 is 0 Å². The Balaban J connectivity index is 2.28. The molecule has 0 aromatic heterocycles. The van der Waals surface area contributed by atoms with E-state index in [1.807, 2.05) is 24.3 Å². The zero-order chi connectivity index (χ0) is 15.6. The van der Waals surface area contributed by atoms with Crippen molar-refractivity contribution in [1.29, 1.82) is 5.41 Å². The number of nitrogens with two attached hydrogens (primary N) is 1. The maximum absolute atomic E-state index is 7.59. The summed E-state index contributed by atoms with van der Waals surface area (Å²) in [5, 5.41) is 8.12. The summed E-state index contributed by atoms with van der Waals surface area (Å²) in [6, 6.07) is 13.0. The Labute approximate surface area is 130 Å². The van der Waals surface area contributed by atoms with E-state index in [9.17, 15) is 0 Å². The highest BCUT2D eigenvalue weighted by Crippen LogP contribution is 2.29. The van der Waals surface area contributed by atoms with Crippen LogP contribution in [0.2, 0.25) is 5.02 Å². The smallest absolute Gasteiger partial charge is 0.138 e. The van der Waals surface area contributed by atoms with Gasteiger partial charge in [0.25, 0.3) is 0 Å². The maximum Gasteiger partial charge on any atom is 0.138 e. The largest absolute Gasteiger partial charge is 0.457 e. The lowest BCUT2D eigenvalue weighted by molar-refractivity contribution is 0.480. The fourth-order valence-electron chi connectivity index (χ4n) is 1.95. The summed E-state index contributed by atoms with van der Waals surface area (Å²) in [7, 11) is 0. The first-order valence-electron chi connectivity index (χ1n) is 6.70. The zero-order valence-corrected chi connectivity index (χ0v) is 13.2. The van der Waals surface area contributed by atoms with Crippen molar-refractivity contribution in [3.05, 3.63) is 58.6 Å². The number of amidine groups is 1. The minimum absolute atomic E-state index is 0.0705. The molecule has 4 heteroatoms. The van der Waals surface area contributed by atoms with Crippen LogP contribution in [-0.2, 0) is 5.41 Å². The molecule has 0 aliphatic heterocycles. The standard InChI is InChI=1S/C17H19ClN2O/c1-17(2,3)11-4-7-13(8-5-11)21-15-9-6-12(18)10-14(15)16(19)20/h4-10H,1-3H3,(H3,19,20). The number of hydrogen-bond donors (Lipinski definition) is 2. The van der Waals surface area contributed by atoms with Crippen LogP contribution in [0.15, 0.2) is 42.5 Å². The molecule has 0 saturated carbocycles. The van der Waals surface area contributed by atoms with Crippen LogP contribution < -0.4 is 10.5 Å². The fraction of sp³-hybridized carbons (Fsp3) is 0.235. The molecule has 2 rings (SSSR count). The first kappa shape index (κ1) is 15.4. The van der Waals surface area contributed by atoms with Crippen molar-refractivity contribution in [3.63, 3.8) is 0 Å². The summed E-state index contributed by atoms with van der Waals surface area (Å²) in [6.07, 6.45) is 0. The molecule has 0 bridgehead atoms. The highest BCUT2D eigenvalue weighted by atomic mass is 35.5. The molecule has 3 N–H and O–H groups in total. The molecular weight excluding hydrogens is 284 g/mol. The Morgan fingerprint density at radius 1 is 1.10 bits per heavy atom. The SMILES string of the molecule is CC(C)(C)c1ccc(Oc2ccc(Cl)cc2C(=N)N)cc1. The quantitative estimate of drug-likeness (QED) is 0.637. The van der Waals surface area contributed by atoms with Gasteiger partial charge in [-0.3, -0.25) is 5.41 Å². The van der Waals surface area contributed by atoms with Gasteiger partial charge in [-0.1, -0.05) is 44.5 Å². The molecule has 0 heterocycles. The summed E-state index contributed by atoms with van der Waals surface area (Å²) >= 11 is 5.93. The number of hydrogen-bond acceptors (Lipinski definition) is 2. The molecule has 0 fully saturated rings. The average molecular weight is 303 g/mol. The molecule has 110 valence electrons. The van der Waals surface area contributed by atoms with E-state index in [1.54, 1.807) is 18.2 Å². The van der Waals surface area contributed by atoms with E-state index in [0.29, 0.717) is 22.1 Å². The van der Waals surface area contributed by atoms with Crippen LogP contribution in [0.25, 0.3) is 0 Å². The summed E-state index contributed by atoms with van der Waals surface area (Å²) < 4.78 is 5.81. The molecule has 0 atom stereocenters. The van der Waals surface area contributed by atoms with E-state index in [4.69, 9.17) is 27.5 Å². The third-order valence-corrected chi connectivity index (χ3v) is 3.42. The van der Waals surface area contributed by atoms with Crippen LogP contribution in [0, 0.1) is 5.41 Å². The number of benzene rings is 2. The summed E-state index contributed by atoms with van der Waals surface area (Å²) in [6.45, 7) is 6.49. The normalized spacial score (nSPS) is 11.2. The number of rotatable bonds is 3. The van der Waals surface area contributed by atoms with Crippen LogP contribution in [0.1, 0.15) is 31.9 Å². The van der Waals surface area contributed by atoms with Crippen molar-refractivity contribution in [2.75, 3.05) is 0 Å². The second-order valence-corrected chi connectivity index (χ2v) is 6.37. The molecule has 0 spiro atoms. The highest BCUT2D eigenvalue weighted by Gasteiger charge is 2.14. The van der Waals surface area contributed by atoms with E-state index in [1.165, 1.54) is 5.56 Å². The van der Waals surface area contributed by atoms with Crippen LogP contribution in [0.3, 0.4) is 0 Å². The van der Waals surface area contributed by atoms with Gasteiger partial charge in [0.1, 0.15) is 17.3 Å². The van der Waals surface area contributed by atoms with Gasteiger partial charge in [0.05, 0.1) is 5.56 Å². The van der Waals surface area contributed by atoms with Gasteiger partial charge < -0.3 is 10.5 Å². The molecule has 21 heavy (non-hydrogen) atoms. The lowest BCUT2D eigenvalue weighted by Crippen LogP contribution is -2.12. The fourth-order valence-corrected chi connectivity index (χ4v) is 2.12. The Hall–Kier alpha value is -2.00. The minimum Gasteiger partial charge on any atom is -0.457 e. The van der Waals surface area contributed by atoms with Crippen molar-refractivity contribution < 1.29 is 4.74 Å². The Kier molecular flexibility index (Phi) is 4.24. The molecule has 3 nitrogen and oxygen atoms in total. The van der Waals surface area contributed by atoms with E-state index in [2.05, 4.69) is 20.8 Å². The first-order valence-corrected chi connectivity index (χ1v) is 7.07. The van der Waals surface area contributed by atoms with E-state index >= 15 is 0 Å². The van der Waals surface area contributed by atoms with Crippen LogP contribution in [0.5, 0.6) is 11.5 Å². The molecule has 0 unspecified atom stereocenters. The molecule has 0 saturated heterocycles. The van der Waals surface area contributed by atoms with Crippen molar-refractivity contribution in [3.8, 4) is 11.5 Å². The summed E-state index contributed by atoms with van der Waals surface area (Å²) in [5.41, 5.74) is 7.39. The monoisotopic (exact) mass is 302 g/mol. The second-order valence-electron chi connectivity index (χ2n) is 5.93. The lowest BCUT2D eigenvalue weighted by Gasteiger charge is -2.19. The average Bonchev–Trinajstić information content (AvgIpc) is 2.40. The van der Waals surface area contributed by atoms with Gasteiger partial charge in [0.2, 0.25) is 0 Å². The molecule has 0 aliphatic rings. The van der Waals surface area contributed by atoms with Gasteiger partial charge in [0.15, 0.2) is 0 Å². The topological polar surface area (TPSA) is 59.1 Å². The first-order chi connectivity index (χ1) is 9.77. The van der Waals surface area contributed by atoms with E-state index in [0.717, 1.165) is 0 Å². The van der Waals surface area contributed by atoms with Crippen LogP contribution in [-0.4, -0.2) is 5.84 Å². The molecule has 0 amide bonds. The zero-order valence-electron chi connectivity index (χ0n) is 12.4.